The monoisotopic (exact) mass is 253 g/mol. The van der Waals surface area contributed by atoms with Crippen LogP contribution in [-0.4, -0.2) is 21.8 Å². The Hall–Kier alpha value is -0.810. The molecule has 4 nitrogen and oxygen atoms in total. The van der Waals surface area contributed by atoms with Crippen LogP contribution in [0.1, 0.15) is 37.4 Å². The van der Waals surface area contributed by atoms with E-state index in [4.69, 9.17) is 10.5 Å². The normalized spacial score (nSPS) is 16.6. The first-order chi connectivity index (χ1) is 8.20. The second-order valence-electron chi connectivity index (χ2n) is 4.28. The first kappa shape index (κ1) is 12.6. The standard InChI is InChI=1S/C12H19N3OS/c1-3-8(2)17-7-11-14-10-4-5-16-6-9(10)12(13)15-11/h8H,3-7H2,1-2H3,(H2,13,14,15). The fourth-order valence-corrected chi connectivity index (χ4v) is 2.51. The number of fused-ring (bicyclic) bond motifs is 1. The summed E-state index contributed by atoms with van der Waals surface area (Å²) in [6.07, 6.45) is 2.02. The molecule has 2 rings (SSSR count). The van der Waals surface area contributed by atoms with E-state index in [1.165, 1.54) is 6.42 Å². The molecule has 1 aromatic heterocycles. The van der Waals surface area contributed by atoms with E-state index in [9.17, 15) is 0 Å². The number of ether oxygens (including phenoxy) is 1. The van der Waals surface area contributed by atoms with Gasteiger partial charge in [-0.15, -0.1) is 0 Å². The van der Waals surface area contributed by atoms with Gasteiger partial charge >= 0.3 is 0 Å². The average molecular weight is 253 g/mol. The molecule has 0 radical (unpaired) electrons. The van der Waals surface area contributed by atoms with E-state index in [0.29, 0.717) is 17.7 Å². The third-order valence-corrected chi connectivity index (χ3v) is 4.30. The molecular weight excluding hydrogens is 234 g/mol. The quantitative estimate of drug-likeness (QED) is 0.891. The molecule has 0 aliphatic carbocycles. The van der Waals surface area contributed by atoms with Gasteiger partial charge in [-0.1, -0.05) is 13.8 Å². The van der Waals surface area contributed by atoms with Gasteiger partial charge < -0.3 is 10.5 Å². The van der Waals surface area contributed by atoms with Gasteiger partial charge in [-0.3, -0.25) is 0 Å². The van der Waals surface area contributed by atoms with Crippen LogP contribution in [-0.2, 0) is 23.5 Å². The van der Waals surface area contributed by atoms with Crippen molar-refractivity contribution < 1.29 is 4.74 Å². The Labute approximate surface area is 106 Å². The molecule has 1 aliphatic rings. The summed E-state index contributed by atoms with van der Waals surface area (Å²) < 4.78 is 5.37. The van der Waals surface area contributed by atoms with Gasteiger partial charge in [0.05, 0.1) is 24.7 Å². The second-order valence-corrected chi connectivity index (χ2v) is 5.71. The Morgan fingerprint density at radius 3 is 3.06 bits per heavy atom. The van der Waals surface area contributed by atoms with Crippen molar-refractivity contribution in [1.29, 1.82) is 0 Å². The van der Waals surface area contributed by atoms with Crippen LogP contribution in [0.15, 0.2) is 0 Å². The molecule has 0 saturated heterocycles. The second kappa shape index (κ2) is 5.69. The first-order valence-corrected chi connectivity index (χ1v) is 7.09. The van der Waals surface area contributed by atoms with E-state index in [-0.39, 0.29) is 0 Å². The third-order valence-electron chi connectivity index (χ3n) is 2.97. The van der Waals surface area contributed by atoms with Gasteiger partial charge in [-0.2, -0.15) is 11.8 Å². The van der Waals surface area contributed by atoms with Gasteiger partial charge in [0.15, 0.2) is 0 Å². The number of nitrogen functional groups attached to an aromatic ring is 1. The minimum absolute atomic E-state index is 0.556. The molecule has 1 aliphatic heterocycles. The van der Waals surface area contributed by atoms with Crippen LogP contribution >= 0.6 is 11.8 Å². The van der Waals surface area contributed by atoms with Crippen molar-refractivity contribution in [2.75, 3.05) is 12.3 Å². The van der Waals surface area contributed by atoms with Crippen molar-refractivity contribution in [3.63, 3.8) is 0 Å². The number of nitrogens with two attached hydrogens (primary N) is 1. The zero-order chi connectivity index (χ0) is 12.3. The molecule has 1 atom stereocenters. The lowest BCUT2D eigenvalue weighted by Crippen LogP contribution is -2.17. The van der Waals surface area contributed by atoms with E-state index in [2.05, 4.69) is 23.8 Å². The molecule has 2 heterocycles. The van der Waals surface area contributed by atoms with Gasteiger partial charge in [0.1, 0.15) is 11.6 Å². The maximum atomic E-state index is 5.94. The molecule has 0 saturated carbocycles. The summed E-state index contributed by atoms with van der Waals surface area (Å²) in [5, 5.41) is 0.638. The van der Waals surface area contributed by atoms with Crippen molar-refractivity contribution in [2.45, 2.75) is 44.3 Å². The fourth-order valence-electron chi connectivity index (χ4n) is 1.71. The highest BCUT2D eigenvalue weighted by atomic mass is 32.2. The van der Waals surface area contributed by atoms with Crippen molar-refractivity contribution in [3.05, 3.63) is 17.1 Å². The van der Waals surface area contributed by atoms with Crippen molar-refractivity contribution in [1.82, 2.24) is 9.97 Å². The number of rotatable bonds is 4. The van der Waals surface area contributed by atoms with E-state index in [0.717, 1.165) is 35.9 Å². The summed E-state index contributed by atoms with van der Waals surface area (Å²) in [6, 6.07) is 0. The number of anilines is 1. The highest BCUT2D eigenvalue weighted by molar-refractivity contribution is 7.99. The highest BCUT2D eigenvalue weighted by Gasteiger charge is 2.16. The zero-order valence-corrected chi connectivity index (χ0v) is 11.2. The smallest absolute Gasteiger partial charge is 0.140 e. The van der Waals surface area contributed by atoms with Crippen LogP contribution in [0.2, 0.25) is 0 Å². The molecule has 0 fully saturated rings. The summed E-state index contributed by atoms with van der Waals surface area (Å²) in [5.41, 5.74) is 7.99. The number of nitrogens with zero attached hydrogens (tertiary/aromatic N) is 2. The van der Waals surface area contributed by atoms with Crippen LogP contribution in [0.3, 0.4) is 0 Å². The van der Waals surface area contributed by atoms with Gasteiger partial charge in [0.2, 0.25) is 0 Å². The topological polar surface area (TPSA) is 61.0 Å². The number of hydrogen-bond acceptors (Lipinski definition) is 5. The van der Waals surface area contributed by atoms with Crippen LogP contribution < -0.4 is 5.73 Å². The Balaban J connectivity index is 2.11. The molecule has 1 aromatic rings. The predicted molar refractivity (Wildman–Crippen MR) is 70.9 cm³/mol. The van der Waals surface area contributed by atoms with Crippen molar-refractivity contribution >= 4 is 17.6 Å². The van der Waals surface area contributed by atoms with Crippen LogP contribution in [0.25, 0.3) is 0 Å². The molecule has 0 bridgehead atoms. The maximum absolute atomic E-state index is 5.94. The minimum Gasteiger partial charge on any atom is -0.383 e. The minimum atomic E-state index is 0.556. The number of hydrogen-bond donors (Lipinski definition) is 1. The lowest BCUT2D eigenvalue weighted by atomic mass is 10.1. The van der Waals surface area contributed by atoms with E-state index < -0.39 is 0 Å². The summed E-state index contributed by atoms with van der Waals surface area (Å²) in [5.74, 6) is 2.29. The van der Waals surface area contributed by atoms with Gasteiger partial charge in [0, 0.05) is 17.2 Å². The molecule has 0 aromatic carbocycles. The molecule has 2 N–H and O–H groups in total. The molecule has 0 spiro atoms. The summed E-state index contributed by atoms with van der Waals surface area (Å²) >= 11 is 1.88. The van der Waals surface area contributed by atoms with E-state index in [1.807, 2.05) is 11.8 Å². The van der Waals surface area contributed by atoms with Gasteiger partial charge in [0.25, 0.3) is 0 Å². The Kier molecular flexibility index (Phi) is 4.23. The maximum Gasteiger partial charge on any atom is 0.140 e. The van der Waals surface area contributed by atoms with Crippen molar-refractivity contribution in [2.24, 2.45) is 0 Å². The number of thioether (sulfide) groups is 1. The average Bonchev–Trinajstić information content (AvgIpc) is 2.36. The predicted octanol–water partition coefficient (Wildman–Crippen LogP) is 2.16. The molecule has 5 heteroatoms. The van der Waals surface area contributed by atoms with Gasteiger partial charge in [-0.25, -0.2) is 9.97 Å². The molecule has 94 valence electrons. The Bertz CT molecular complexity index is 398. The summed E-state index contributed by atoms with van der Waals surface area (Å²) in [6.45, 7) is 5.71. The lowest BCUT2D eigenvalue weighted by molar-refractivity contribution is 0.109. The zero-order valence-electron chi connectivity index (χ0n) is 10.4. The van der Waals surface area contributed by atoms with Crippen LogP contribution in [0, 0.1) is 0 Å². The SMILES string of the molecule is CCC(C)SCc1nc(N)c2c(n1)CCOC2. The van der Waals surface area contributed by atoms with Crippen molar-refractivity contribution in [3.8, 4) is 0 Å². The molecule has 1 unspecified atom stereocenters. The summed E-state index contributed by atoms with van der Waals surface area (Å²) in [4.78, 5) is 8.95. The van der Waals surface area contributed by atoms with E-state index in [1.54, 1.807) is 0 Å². The molecule has 17 heavy (non-hydrogen) atoms. The Morgan fingerprint density at radius 2 is 2.29 bits per heavy atom. The largest absolute Gasteiger partial charge is 0.383 e. The first-order valence-electron chi connectivity index (χ1n) is 6.04. The van der Waals surface area contributed by atoms with Crippen LogP contribution in [0.5, 0.6) is 0 Å². The Morgan fingerprint density at radius 1 is 1.47 bits per heavy atom. The van der Waals surface area contributed by atoms with Crippen LogP contribution in [0.4, 0.5) is 5.82 Å². The third kappa shape index (κ3) is 3.10. The highest BCUT2D eigenvalue weighted by Crippen LogP contribution is 2.23. The molecular formula is C12H19N3OS. The van der Waals surface area contributed by atoms with Gasteiger partial charge in [-0.05, 0) is 6.42 Å². The summed E-state index contributed by atoms with van der Waals surface area (Å²) in [7, 11) is 0. The fraction of sp³-hybridized carbons (Fsp3) is 0.667. The number of aromatic nitrogens is 2. The molecule has 0 amide bonds. The van der Waals surface area contributed by atoms with E-state index >= 15 is 0 Å². The lowest BCUT2D eigenvalue weighted by Gasteiger charge is -2.18.